The van der Waals surface area contributed by atoms with E-state index in [0.29, 0.717) is 6.54 Å². The molecule has 0 aliphatic carbocycles. The van der Waals surface area contributed by atoms with Crippen molar-refractivity contribution in [2.24, 2.45) is 5.92 Å². The summed E-state index contributed by atoms with van der Waals surface area (Å²) in [5.74, 6) is 3.02. The predicted molar refractivity (Wildman–Crippen MR) is 77.0 cm³/mol. The van der Waals surface area contributed by atoms with Crippen LogP contribution in [0, 0.1) is 5.92 Å². The van der Waals surface area contributed by atoms with Gasteiger partial charge in [-0.05, 0) is 36.7 Å². The number of hydrogen-bond acceptors (Lipinski definition) is 3. The second-order valence-corrected chi connectivity index (χ2v) is 6.45. The Bertz CT molecular complexity index is 249. The molecule has 1 atom stereocenters. The Hall–Kier alpha value is -0.420. The Kier molecular flexibility index (Phi) is 7.51. The predicted octanol–water partition coefficient (Wildman–Crippen LogP) is 1.93. The fourth-order valence-corrected chi connectivity index (χ4v) is 2.93. The summed E-state index contributed by atoms with van der Waals surface area (Å²) in [7, 11) is 0. The maximum absolute atomic E-state index is 11.8. The molecule has 0 aromatic rings. The number of likely N-dealkylation sites (tertiary alicyclic amines) is 1. The standard InChI is InChI=1S/C13H26N2O2S/c1-11(2)10-18-8-4-6-14-13(17)15-7-3-5-12(16)9-15/h11-12,16H,3-10H2,1-2H3,(H,14,17)/t12-/m1/s1. The molecular formula is C13H26N2O2S. The summed E-state index contributed by atoms with van der Waals surface area (Å²) in [6, 6.07) is -0.0254. The third kappa shape index (κ3) is 6.50. The van der Waals surface area contributed by atoms with Gasteiger partial charge in [0.2, 0.25) is 0 Å². The van der Waals surface area contributed by atoms with Crippen LogP contribution in [0.2, 0.25) is 0 Å². The summed E-state index contributed by atoms with van der Waals surface area (Å²) in [4.78, 5) is 13.5. The second kappa shape index (κ2) is 8.64. The molecule has 2 N–H and O–H groups in total. The minimum absolute atomic E-state index is 0.0254. The zero-order valence-electron chi connectivity index (χ0n) is 11.5. The van der Waals surface area contributed by atoms with Gasteiger partial charge in [-0.2, -0.15) is 11.8 Å². The molecule has 1 fully saturated rings. The molecule has 1 rings (SSSR count). The van der Waals surface area contributed by atoms with E-state index in [1.807, 2.05) is 11.8 Å². The molecule has 0 bridgehead atoms. The van der Waals surface area contributed by atoms with E-state index in [4.69, 9.17) is 0 Å². The second-order valence-electron chi connectivity index (χ2n) is 5.30. The van der Waals surface area contributed by atoms with E-state index in [1.165, 1.54) is 5.75 Å². The Morgan fingerprint density at radius 2 is 2.33 bits per heavy atom. The van der Waals surface area contributed by atoms with Crippen LogP contribution in [0.4, 0.5) is 4.79 Å². The Labute approximate surface area is 115 Å². The number of urea groups is 1. The average Bonchev–Trinajstić information content (AvgIpc) is 2.33. The van der Waals surface area contributed by atoms with Gasteiger partial charge in [-0.15, -0.1) is 0 Å². The quantitative estimate of drug-likeness (QED) is 0.728. The smallest absolute Gasteiger partial charge is 0.317 e. The van der Waals surface area contributed by atoms with Gasteiger partial charge in [0.1, 0.15) is 0 Å². The molecule has 106 valence electrons. The van der Waals surface area contributed by atoms with Crippen LogP contribution in [0.15, 0.2) is 0 Å². The minimum Gasteiger partial charge on any atom is -0.391 e. The first-order valence-electron chi connectivity index (χ1n) is 6.88. The first-order valence-corrected chi connectivity index (χ1v) is 8.03. The Morgan fingerprint density at radius 3 is 3.00 bits per heavy atom. The van der Waals surface area contributed by atoms with Crippen molar-refractivity contribution in [2.45, 2.75) is 39.2 Å². The topological polar surface area (TPSA) is 52.6 Å². The third-order valence-corrected chi connectivity index (χ3v) is 4.36. The fourth-order valence-electron chi connectivity index (χ4n) is 1.94. The van der Waals surface area contributed by atoms with Crippen molar-refractivity contribution in [3.63, 3.8) is 0 Å². The van der Waals surface area contributed by atoms with Crippen LogP contribution >= 0.6 is 11.8 Å². The number of β-amino-alcohol motifs (C(OH)–C–C–N with tert-alkyl or cyclic N) is 1. The fraction of sp³-hybridized carbons (Fsp3) is 0.923. The van der Waals surface area contributed by atoms with Crippen molar-refractivity contribution in [3.05, 3.63) is 0 Å². The van der Waals surface area contributed by atoms with Crippen LogP contribution < -0.4 is 5.32 Å². The SMILES string of the molecule is CC(C)CSCCCNC(=O)N1CCC[C@@H](O)C1. The number of thioether (sulfide) groups is 1. The van der Waals surface area contributed by atoms with Crippen molar-refractivity contribution in [3.8, 4) is 0 Å². The van der Waals surface area contributed by atoms with Gasteiger partial charge in [0.15, 0.2) is 0 Å². The van der Waals surface area contributed by atoms with E-state index in [-0.39, 0.29) is 12.1 Å². The van der Waals surface area contributed by atoms with Crippen molar-refractivity contribution < 1.29 is 9.90 Å². The Morgan fingerprint density at radius 1 is 1.56 bits per heavy atom. The summed E-state index contributed by atoms with van der Waals surface area (Å²) in [5.41, 5.74) is 0. The molecule has 4 nitrogen and oxygen atoms in total. The lowest BCUT2D eigenvalue weighted by molar-refractivity contribution is 0.0843. The lowest BCUT2D eigenvalue weighted by Gasteiger charge is -2.30. The summed E-state index contributed by atoms with van der Waals surface area (Å²) < 4.78 is 0. The molecule has 1 aliphatic rings. The van der Waals surface area contributed by atoms with Crippen LogP contribution in [0.3, 0.4) is 0 Å². The highest BCUT2D eigenvalue weighted by molar-refractivity contribution is 7.99. The lowest BCUT2D eigenvalue weighted by Crippen LogP contribution is -2.47. The number of nitrogens with one attached hydrogen (secondary N) is 1. The van der Waals surface area contributed by atoms with Crippen LogP contribution in [0.25, 0.3) is 0 Å². The highest BCUT2D eigenvalue weighted by Gasteiger charge is 2.21. The Balaban J connectivity index is 2.02. The molecule has 1 heterocycles. The van der Waals surface area contributed by atoms with Gasteiger partial charge in [0.05, 0.1) is 6.10 Å². The van der Waals surface area contributed by atoms with E-state index < -0.39 is 0 Å². The number of piperidine rings is 1. The minimum atomic E-state index is -0.342. The van der Waals surface area contributed by atoms with E-state index in [9.17, 15) is 9.90 Å². The third-order valence-electron chi connectivity index (χ3n) is 2.88. The summed E-state index contributed by atoms with van der Waals surface area (Å²) in [5, 5.41) is 12.4. The number of hydrogen-bond donors (Lipinski definition) is 2. The van der Waals surface area contributed by atoms with Crippen molar-refractivity contribution in [2.75, 3.05) is 31.1 Å². The maximum atomic E-state index is 11.8. The molecule has 5 heteroatoms. The van der Waals surface area contributed by atoms with Crippen LogP contribution in [-0.2, 0) is 0 Å². The van der Waals surface area contributed by atoms with E-state index in [2.05, 4.69) is 19.2 Å². The first-order chi connectivity index (χ1) is 8.59. The number of carbonyl (C=O) groups is 1. The normalized spacial score (nSPS) is 20.2. The van der Waals surface area contributed by atoms with Gasteiger partial charge in [-0.25, -0.2) is 4.79 Å². The highest BCUT2D eigenvalue weighted by Crippen LogP contribution is 2.10. The lowest BCUT2D eigenvalue weighted by atomic mass is 10.1. The van der Waals surface area contributed by atoms with Crippen LogP contribution in [0.5, 0.6) is 0 Å². The molecular weight excluding hydrogens is 248 g/mol. The monoisotopic (exact) mass is 274 g/mol. The highest BCUT2D eigenvalue weighted by atomic mass is 32.2. The number of nitrogens with zero attached hydrogens (tertiary/aromatic N) is 1. The van der Waals surface area contributed by atoms with Gasteiger partial charge in [0, 0.05) is 19.6 Å². The van der Waals surface area contributed by atoms with Crippen molar-refractivity contribution in [1.29, 1.82) is 0 Å². The number of aliphatic hydroxyl groups excluding tert-OH is 1. The van der Waals surface area contributed by atoms with Gasteiger partial charge < -0.3 is 15.3 Å². The zero-order valence-corrected chi connectivity index (χ0v) is 12.3. The number of amides is 2. The number of aliphatic hydroxyl groups is 1. The molecule has 2 amide bonds. The molecule has 0 spiro atoms. The summed E-state index contributed by atoms with van der Waals surface area (Å²) in [6.45, 7) is 6.42. The molecule has 0 radical (unpaired) electrons. The van der Waals surface area contributed by atoms with Gasteiger partial charge in [-0.3, -0.25) is 0 Å². The van der Waals surface area contributed by atoms with E-state index >= 15 is 0 Å². The largest absolute Gasteiger partial charge is 0.391 e. The molecule has 0 saturated carbocycles. The van der Waals surface area contributed by atoms with Crippen LogP contribution in [0.1, 0.15) is 33.1 Å². The summed E-state index contributed by atoms with van der Waals surface area (Å²) in [6.07, 6.45) is 2.39. The van der Waals surface area contributed by atoms with Gasteiger partial charge >= 0.3 is 6.03 Å². The van der Waals surface area contributed by atoms with Crippen LogP contribution in [-0.4, -0.2) is 53.3 Å². The van der Waals surface area contributed by atoms with Crippen molar-refractivity contribution >= 4 is 17.8 Å². The molecule has 0 aromatic heterocycles. The summed E-state index contributed by atoms with van der Waals surface area (Å²) >= 11 is 1.94. The molecule has 0 unspecified atom stereocenters. The van der Waals surface area contributed by atoms with Crippen molar-refractivity contribution in [1.82, 2.24) is 10.2 Å². The zero-order chi connectivity index (χ0) is 13.4. The molecule has 1 saturated heterocycles. The maximum Gasteiger partial charge on any atom is 0.317 e. The number of carbonyl (C=O) groups excluding carboxylic acids is 1. The number of rotatable bonds is 6. The van der Waals surface area contributed by atoms with Gasteiger partial charge in [0.25, 0.3) is 0 Å². The van der Waals surface area contributed by atoms with Gasteiger partial charge in [-0.1, -0.05) is 13.8 Å². The molecule has 1 aliphatic heterocycles. The molecule has 0 aromatic carbocycles. The van der Waals surface area contributed by atoms with E-state index in [0.717, 1.165) is 44.0 Å². The molecule has 18 heavy (non-hydrogen) atoms. The first kappa shape index (κ1) is 15.6. The average molecular weight is 274 g/mol. The van der Waals surface area contributed by atoms with E-state index in [1.54, 1.807) is 4.90 Å².